The monoisotopic (exact) mass is 400 g/mol. The van der Waals surface area contributed by atoms with Gasteiger partial charge in [-0.25, -0.2) is 8.42 Å². The number of carbonyl (C=O) groups excluding carboxylic acids is 2. The van der Waals surface area contributed by atoms with E-state index in [0.717, 1.165) is 11.3 Å². The number of hydrogen-bond acceptors (Lipinski definition) is 6. The summed E-state index contributed by atoms with van der Waals surface area (Å²) in [6, 6.07) is 6.68. The molecule has 0 radical (unpaired) electrons. The fraction of sp³-hybridized carbons (Fsp3) is 0.375. The maximum Gasteiger partial charge on any atom is 0.309 e. The molecule has 0 aliphatic rings. The lowest BCUT2D eigenvalue weighted by Crippen LogP contribution is -2.43. The van der Waals surface area contributed by atoms with Gasteiger partial charge in [0, 0.05) is 18.0 Å². The van der Waals surface area contributed by atoms with Crippen LogP contribution in [0.5, 0.6) is 0 Å². The van der Waals surface area contributed by atoms with Crippen LogP contribution >= 0.6 is 22.7 Å². The Bertz CT molecular complexity index is 797. The third-order valence-electron chi connectivity index (χ3n) is 3.34. The predicted molar refractivity (Wildman–Crippen MR) is 99.4 cm³/mol. The van der Waals surface area contributed by atoms with Gasteiger partial charge in [-0.05, 0) is 28.8 Å². The van der Waals surface area contributed by atoms with E-state index in [9.17, 15) is 18.0 Å². The minimum Gasteiger partial charge on any atom is -0.348 e. The van der Waals surface area contributed by atoms with Crippen LogP contribution in [0.25, 0.3) is 0 Å². The number of amides is 2. The Labute approximate surface area is 155 Å². The zero-order valence-electron chi connectivity index (χ0n) is 13.9. The Hall–Kier alpha value is -1.71. The van der Waals surface area contributed by atoms with Crippen LogP contribution in [0.15, 0.2) is 39.2 Å². The lowest BCUT2D eigenvalue weighted by Gasteiger charge is -2.16. The van der Waals surface area contributed by atoms with E-state index in [0.29, 0.717) is 11.4 Å². The Morgan fingerprint density at radius 2 is 1.60 bits per heavy atom. The topological polar surface area (TPSA) is 92.3 Å². The lowest BCUT2D eigenvalue weighted by molar-refractivity contribution is -0.139. The molecule has 2 rings (SSSR count). The molecule has 6 nitrogen and oxygen atoms in total. The van der Waals surface area contributed by atoms with E-state index in [2.05, 4.69) is 10.6 Å². The molecule has 25 heavy (non-hydrogen) atoms. The predicted octanol–water partition coefficient (Wildman–Crippen LogP) is 2.21. The van der Waals surface area contributed by atoms with E-state index in [1.807, 2.05) is 13.8 Å². The molecule has 2 aromatic rings. The van der Waals surface area contributed by atoms with Crippen LogP contribution < -0.4 is 10.6 Å². The summed E-state index contributed by atoms with van der Waals surface area (Å²) in [6.45, 7) is 4.06. The van der Waals surface area contributed by atoms with E-state index in [4.69, 9.17) is 0 Å². The molecule has 0 saturated heterocycles. The molecule has 2 heterocycles. The van der Waals surface area contributed by atoms with Crippen LogP contribution in [0.3, 0.4) is 0 Å². The third kappa shape index (κ3) is 5.13. The number of hydrogen-bond donors (Lipinski definition) is 2. The fourth-order valence-corrected chi connectivity index (χ4v) is 6.04. The van der Waals surface area contributed by atoms with Crippen LogP contribution in [-0.2, 0) is 19.4 Å². The summed E-state index contributed by atoms with van der Waals surface area (Å²) < 4.78 is 25.9. The van der Waals surface area contributed by atoms with Gasteiger partial charge in [0.25, 0.3) is 0 Å². The van der Waals surface area contributed by atoms with Crippen LogP contribution in [0.4, 0.5) is 0 Å². The minimum atomic E-state index is -3.65. The van der Waals surface area contributed by atoms with Crippen LogP contribution in [0, 0.1) is 5.92 Å². The molecule has 1 atom stereocenters. The van der Waals surface area contributed by atoms with Crippen molar-refractivity contribution in [2.75, 3.05) is 13.1 Å². The summed E-state index contributed by atoms with van der Waals surface area (Å²) in [5.41, 5.74) is 0. The number of nitrogens with one attached hydrogen (secondary N) is 2. The molecule has 0 saturated carbocycles. The molecule has 0 fully saturated rings. The highest BCUT2D eigenvalue weighted by Gasteiger charge is 2.31. The van der Waals surface area contributed by atoms with Gasteiger partial charge >= 0.3 is 11.8 Å². The van der Waals surface area contributed by atoms with E-state index >= 15 is 0 Å². The number of carbonyl (C=O) groups is 2. The zero-order valence-corrected chi connectivity index (χ0v) is 16.3. The smallest absolute Gasteiger partial charge is 0.309 e. The Balaban J connectivity index is 2.11. The van der Waals surface area contributed by atoms with Crippen molar-refractivity contribution in [1.29, 1.82) is 0 Å². The summed E-state index contributed by atoms with van der Waals surface area (Å²) in [7, 11) is -3.65. The van der Waals surface area contributed by atoms with Crippen molar-refractivity contribution in [2.45, 2.75) is 23.3 Å². The zero-order chi connectivity index (χ0) is 18.4. The van der Waals surface area contributed by atoms with Gasteiger partial charge in [-0.3, -0.25) is 9.59 Å². The second-order valence-corrected chi connectivity index (χ2v) is 10.1. The van der Waals surface area contributed by atoms with Gasteiger partial charge in [-0.1, -0.05) is 26.0 Å². The largest absolute Gasteiger partial charge is 0.348 e. The highest BCUT2D eigenvalue weighted by atomic mass is 32.2. The summed E-state index contributed by atoms with van der Waals surface area (Å²) in [5, 5.41) is 7.50. The van der Waals surface area contributed by atoms with Gasteiger partial charge < -0.3 is 10.6 Å². The molecule has 0 spiro atoms. The number of rotatable bonds is 7. The van der Waals surface area contributed by atoms with Gasteiger partial charge in [0.2, 0.25) is 0 Å². The number of thiophene rings is 2. The van der Waals surface area contributed by atoms with Gasteiger partial charge in [-0.2, -0.15) is 0 Å². The van der Waals surface area contributed by atoms with Crippen molar-refractivity contribution in [1.82, 2.24) is 10.6 Å². The molecule has 0 bridgehead atoms. The average Bonchev–Trinajstić information content (AvgIpc) is 3.25. The van der Waals surface area contributed by atoms with Crippen molar-refractivity contribution in [2.24, 2.45) is 5.92 Å². The van der Waals surface area contributed by atoms with Crippen molar-refractivity contribution >= 4 is 44.3 Å². The quantitative estimate of drug-likeness (QED) is 0.697. The molecule has 2 aromatic heterocycles. The standard InChI is InChI=1S/C16H20N2O4S3/c1-11(2)9-17-15(19)16(20)18-10-13(12-5-3-7-23-12)25(21,22)14-6-4-8-24-14/h3-8,11,13H,9-10H2,1-2H3,(H,17,19)(H,18,20). The van der Waals surface area contributed by atoms with Gasteiger partial charge in [-0.15, -0.1) is 22.7 Å². The first-order valence-corrected chi connectivity index (χ1v) is 11.0. The minimum absolute atomic E-state index is 0.158. The molecule has 0 aliphatic heterocycles. The second-order valence-electron chi connectivity index (χ2n) is 5.80. The van der Waals surface area contributed by atoms with Crippen LogP contribution in [0.2, 0.25) is 0 Å². The maximum absolute atomic E-state index is 12.9. The molecule has 2 N–H and O–H groups in total. The van der Waals surface area contributed by atoms with Gasteiger partial charge in [0.15, 0.2) is 9.84 Å². The fourth-order valence-electron chi connectivity index (χ4n) is 2.05. The number of sulfone groups is 1. The second kappa shape index (κ2) is 8.59. The first-order valence-electron chi connectivity index (χ1n) is 7.69. The molecular formula is C16H20N2O4S3. The van der Waals surface area contributed by atoms with E-state index in [-0.39, 0.29) is 16.7 Å². The third-order valence-corrected chi connectivity index (χ3v) is 7.98. The highest BCUT2D eigenvalue weighted by Crippen LogP contribution is 2.33. The van der Waals surface area contributed by atoms with Crippen molar-refractivity contribution in [3.8, 4) is 0 Å². The summed E-state index contributed by atoms with van der Waals surface area (Å²) in [5.74, 6) is -1.37. The normalized spacial score (nSPS) is 12.8. The Kier molecular flexibility index (Phi) is 6.74. The molecule has 0 aromatic carbocycles. The SMILES string of the molecule is CC(C)CNC(=O)C(=O)NCC(c1cccs1)S(=O)(=O)c1cccs1. The van der Waals surface area contributed by atoms with Crippen LogP contribution in [-0.4, -0.2) is 33.3 Å². The molecule has 0 aliphatic carbocycles. The summed E-state index contributed by atoms with van der Waals surface area (Å²) >= 11 is 2.44. The Morgan fingerprint density at radius 1 is 1.00 bits per heavy atom. The Morgan fingerprint density at radius 3 is 2.12 bits per heavy atom. The maximum atomic E-state index is 12.9. The van der Waals surface area contributed by atoms with Crippen molar-refractivity contribution < 1.29 is 18.0 Å². The van der Waals surface area contributed by atoms with E-state index in [1.165, 1.54) is 17.4 Å². The van der Waals surface area contributed by atoms with E-state index < -0.39 is 26.9 Å². The van der Waals surface area contributed by atoms with E-state index in [1.54, 1.807) is 29.0 Å². The first kappa shape index (κ1) is 19.6. The van der Waals surface area contributed by atoms with Crippen LogP contribution in [0.1, 0.15) is 24.0 Å². The molecular weight excluding hydrogens is 380 g/mol. The summed E-state index contributed by atoms with van der Waals surface area (Å²) in [4.78, 5) is 24.3. The summed E-state index contributed by atoms with van der Waals surface area (Å²) in [6.07, 6.45) is 0. The van der Waals surface area contributed by atoms with Gasteiger partial charge in [0.1, 0.15) is 9.46 Å². The highest BCUT2D eigenvalue weighted by molar-refractivity contribution is 7.93. The van der Waals surface area contributed by atoms with Gasteiger partial charge in [0.05, 0.1) is 0 Å². The first-order chi connectivity index (χ1) is 11.8. The molecule has 2 amide bonds. The molecule has 1 unspecified atom stereocenters. The average molecular weight is 401 g/mol. The van der Waals surface area contributed by atoms with Crippen molar-refractivity contribution in [3.05, 3.63) is 39.9 Å². The molecule has 136 valence electrons. The lowest BCUT2D eigenvalue weighted by atomic mass is 10.2. The van der Waals surface area contributed by atoms with Crippen molar-refractivity contribution in [3.63, 3.8) is 0 Å². The molecule has 9 heteroatoms.